The minimum absolute atomic E-state index is 0.00471. The molecule has 1 aliphatic carbocycles. The summed E-state index contributed by atoms with van der Waals surface area (Å²) in [4.78, 5) is 38.4. The number of methoxy groups -OCH3 is 1. The first-order valence-electron chi connectivity index (χ1n) is 10.0. The zero-order valence-electron chi connectivity index (χ0n) is 16.7. The lowest BCUT2D eigenvalue weighted by Crippen LogP contribution is -2.53. The van der Waals surface area contributed by atoms with Crippen LogP contribution in [0.1, 0.15) is 42.5 Å². The molecule has 1 saturated heterocycles. The molecule has 2 aliphatic heterocycles. The van der Waals surface area contributed by atoms with Gasteiger partial charge >= 0.3 is 5.97 Å². The van der Waals surface area contributed by atoms with Gasteiger partial charge in [0.2, 0.25) is 5.91 Å². The van der Waals surface area contributed by atoms with E-state index in [4.69, 9.17) is 14.2 Å². The fraction of sp³-hybridized carbons (Fsp3) is 0.571. The van der Waals surface area contributed by atoms with Gasteiger partial charge in [0.15, 0.2) is 0 Å². The highest BCUT2D eigenvalue weighted by molar-refractivity contribution is 6.00. The van der Waals surface area contributed by atoms with Crippen molar-refractivity contribution in [2.24, 2.45) is 5.92 Å². The Morgan fingerprint density at radius 2 is 2.03 bits per heavy atom. The Morgan fingerprint density at radius 3 is 2.76 bits per heavy atom. The highest BCUT2D eigenvalue weighted by Crippen LogP contribution is 2.34. The molecule has 0 aromatic heterocycles. The van der Waals surface area contributed by atoms with Crippen molar-refractivity contribution in [3.63, 3.8) is 0 Å². The first-order valence-corrected chi connectivity index (χ1v) is 10.0. The van der Waals surface area contributed by atoms with Crippen molar-refractivity contribution in [2.75, 3.05) is 26.1 Å². The number of nitrogens with one attached hydrogen (secondary N) is 1. The molecule has 8 nitrogen and oxygen atoms in total. The second kappa shape index (κ2) is 8.02. The molecule has 0 spiro atoms. The lowest BCUT2D eigenvalue weighted by atomic mass is 9.94. The molecule has 2 fully saturated rings. The maximum absolute atomic E-state index is 13.1. The van der Waals surface area contributed by atoms with Crippen LogP contribution in [0.2, 0.25) is 0 Å². The summed E-state index contributed by atoms with van der Waals surface area (Å²) in [6.45, 7) is 0.279. The molecule has 156 valence electrons. The summed E-state index contributed by atoms with van der Waals surface area (Å²) >= 11 is 0. The number of rotatable bonds is 4. The number of carbonyl (C=O) groups is 3. The average molecular weight is 402 g/mol. The number of hydrogen-bond acceptors (Lipinski definition) is 6. The lowest BCUT2D eigenvalue weighted by Gasteiger charge is -2.42. The number of anilines is 1. The fourth-order valence-electron chi connectivity index (χ4n) is 3.96. The van der Waals surface area contributed by atoms with Gasteiger partial charge in [-0.2, -0.15) is 0 Å². The van der Waals surface area contributed by atoms with Gasteiger partial charge in [0.05, 0.1) is 31.2 Å². The Morgan fingerprint density at radius 1 is 1.24 bits per heavy atom. The van der Waals surface area contributed by atoms with E-state index in [2.05, 4.69) is 5.32 Å². The average Bonchev–Trinajstić information content (AvgIpc) is 3.56. The van der Waals surface area contributed by atoms with Crippen LogP contribution in [0.15, 0.2) is 18.2 Å². The summed E-state index contributed by atoms with van der Waals surface area (Å²) in [6.07, 6.45) is 2.84. The number of fused-ring (bicyclic) bond motifs is 2. The SMILES string of the molecule is COC(=O)C[C@@H]1CC[C@H]2[C@@H](COc3ccc(NC(=O)C4CC4)cc3C(=O)N2C)O1. The van der Waals surface area contributed by atoms with Crippen LogP contribution in [-0.2, 0) is 19.1 Å². The summed E-state index contributed by atoms with van der Waals surface area (Å²) in [5.41, 5.74) is 1.03. The third-order valence-corrected chi connectivity index (χ3v) is 5.85. The van der Waals surface area contributed by atoms with E-state index in [1.165, 1.54) is 7.11 Å². The Kier molecular flexibility index (Phi) is 5.45. The van der Waals surface area contributed by atoms with E-state index in [0.29, 0.717) is 29.8 Å². The summed E-state index contributed by atoms with van der Waals surface area (Å²) in [6, 6.07) is 4.99. The molecule has 1 N–H and O–H groups in total. The van der Waals surface area contributed by atoms with Crippen LogP contribution >= 0.6 is 0 Å². The quantitative estimate of drug-likeness (QED) is 0.774. The number of benzene rings is 1. The van der Waals surface area contributed by atoms with Crippen LogP contribution in [0.3, 0.4) is 0 Å². The van der Waals surface area contributed by atoms with E-state index in [1.54, 1.807) is 30.1 Å². The molecule has 0 radical (unpaired) electrons. The van der Waals surface area contributed by atoms with E-state index in [0.717, 1.165) is 12.8 Å². The maximum atomic E-state index is 13.1. The second-order valence-corrected chi connectivity index (χ2v) is 7.92. The largest absolute Gasteiger partial charge is 0.490 e. The second-order valence-electron chi connectivity index (χ2n) is 7.92. The van der Waals surface area contributed by atoms with Crippen molar-refractivity contribution in [3.05, 3.63) is 23.8 Å². The van der Waals surface area contributed by atoms with Crippen LogP contribution < -0.4 is 10.1 Å². The van der Waals surface area contributed by atoms with Gasteiger partial charge in [0.1, 0.15) is 18.5 Å². The topological polar surface area (TPSA) is 94.2 Å². The molecule has 2 amide bonds. The third-order valence-electron chi connectivity index (χ3n) is 5.85. The van der Waals surface area contributed by atoms with Crippen LogP contribution in [-0.4, -0.2) is 61.7 Å². The minimum Gasteiger partial charge on any atom is -0.490 e. The van der Waals surface area contributed by atoms with Gasteiger partial charge in [-0.1, -0.05) is 0 Å². The molecule has 1 aromatic rings. The first-order chi connectivity index (χ1) is 14.0. The fourth-order valence-corrected chi connectivity index (χ4v) is 3.96. The summed E-state index contributed by atoms with van der Waals surface area (Å²) in [7, 11) is 3.12. The van der Waals surface area contributed by atoms with Gasteiger partial charge in [-0.15, -0.1) is 0 Å². The molecule has 1 aromatic carbocycles. The smallest absolute Gasteiger partial charge is 0.308 e. The van der Waals surface area contributed by atoms with E-state index in [-0.39, 0.29) is 55.0 Å². The summed E-state index contributed by atoms with van der Waals surface area (Å²) in [5, 5.41) is 2.88. The summed E-state index contributed by atoms with van der Waals surface area (Å²) < 4.78 is 16.7. The molecule has 8 heteroatoms. The van der Waals surface area contributed by atoms with E-state index >= 15 is 0 Å². The highest BCUT2D eigenvalue weighted by atomic mass is 16.5. The van der Waals surface area contributed by atoms with Crippen LogP contribution in [0.25, 0.3) is 0 Å². The molecule has 3 aliphatic rings. The molecule has 4 rings (SSSR count). The van der Waals surface area contributed by atoms with Crippen molar-refractivity contribution >= 4 is 23.5 Å². The maximum Gasteiger partial charge on any atom is 0.308 e. The van der Waals surface area contributed by atoms with Crippen molar-refractivity contribution in [1.29, 1.82) is 0 Å². The van der Waals surface area contributed by atoms with Gasteiger partial charge in [0, 0.05) is 18.7 Å². The molecule has 3 atom stereocenters. The number of nitrogens with zero attached hydrogens (tertiary/aromatic N) is 1. The Hall–Kier alpha value is -2.61. The standard InChI is InChI=1S/C21H26N2O6/c1-23-16-7-6-14(10-19(24)27-2)29-18(16)11-28-17-8-5-13(9-15(17)21(23)26)22-20(25)12-3-4-12/h5,8-9,12,14,16,18H,3-4,6-7,10-11H2,1-2H3,(H,22,25)/t14-,16-,18+/m0/s1. The van der Waals surface area contributed by atoms with Gasteiger partial charge in [-0.05, 0) is 43.9 Å². The van der Waals surface area contributed by atoms with Crippen LogP contribution in [0.4, 0.5) is 5.69 Å². The number of esters is 1. The van der Waals surface area contributed by atoms with Crippen LogP contribution in [0.5, 0.6) is 5.75 Å². The lowest BCUT2D eigenvalue weighted by molar-refractivity contribution is -0.151. The van der Waals surface area contributed by atoms with Crippen molar-refractivity contribution < 1.29 is 28.6 Å². The van der Waals surface area contributed by atoms with Gasteiger partial charge in [-0.25, -0.2) is 0 Å². The Balaban J connectivity index is 1.51. The summed E-state index contributed by atoms with van der Waals surface area (Å²) in [5.74, 6) is 0.0611. The molecular weight excluding hydrogens is 376 g/mol. The molecule has 2 heterocycles. The van der Waals surface area contributed by atoms with Gasteiger partial charge < -0.3 is 24.4 Å². The van der Waals surface area contributed by atoms with Crippen molar-refractivity contribution in [2.45, 2.75) is 50.4 Å². The predicted octanol–water partition coefficient (Wildman–Crippen LogP) is 1.98. The van der Waals surface area contributed by atoms with E-state index in [9.17, 15) is 14.4 Å². The predicted molar refractivity (Wildman–Crippen MR) is 104 cm³/mol. The number of amides is 2. The number of likely N-dealkylation sites (N-methyl/N-ethyl adjacent to an activating group) is 1. The number of carbonyl (C=O) groups excluding carboxylic acids is 3. The van der Waals surface area contributed by atoms with Crippen molar-refractivity contribution in [3.8, 4) is 5.75 Å². The molecule has 0 bridgehead atoms. The number of ether oxygens (including phenoxy) is 3. The van der Waals surface area contributed by atoms with E-state index in [1.807, 2.05) is 0 Å². The zero-order valence-corrected chi connectivity index (χ0v) is 16.7. The van der Waals surface area contributed by atoms with Crippen LogP contribution in [0, 0.1) is 5.92 Å². The Bertz CT molecular complexity index is 821. The van der Waals surface area contributed by atoms with Gasteiger partial charge in [0.25, 0.3) is 5.91 Å². The normalized spacial score (nSPS) is 26.3. The minimum atomic E-state index is -0.324. The van der Waals surface area contributed by atoms with E-state index < -0.39 is 0 Å². The molecule has 1 saturated carbocycles. The molecular formula is C21H26N2O6. The Labute approximate surface area is 169 Å². The zero-order chi connectivity index (χ0) is 20.5. The van der Waals surface area contributed by atoms with Crippen molar-refractivity contribution in [1.82, 2.24) is 4.90 Å². The monoisotopic (exact) mass is 402 g/mol. The highest BCUT2D eigenvalue weighted by Gasteiger charge is 2.39. The molecule has 0 unspecified atom stereocenters. The van der Waals surface area contributed by atoms with Gasteiger partial charge in [-0.3, -0.25) is 14.4 Å². The number of hydrogen-bond donors (Lipinski definition) is 1. The first kappa shape index (κ1) is 19.7. The molecule has 29 heavy (non-hydrogen) atoms. The third kappa shape index (κ3) is 4.22.